The molecule has 0 fully saturated rings. The molecule has 0 aromatic heterocycles. The van der Waals surface area contributed by atoms with Crippen molar-refractivity contribution in [3.63, 3.8) is 0 Å². The predicted molar refractivity (Wildman–Crippen MR) is 76.9 cm³/mol. The summed E-state index contributed by atoms with van der Waals surface area (Å²) in [7, 11) is 0. The summed E-state index contributed by atoms with van der Waals surface area (Å²) in [4.78, 5) is 23.7. The van der Waals surface area contributed by atoms with Gasteiger partial charge in [-0.25, -0.2) is 0 Å². The second kappa shape index (κ2) is 4.59. The minimum atomic E-state index is -0.142. The molecule has 2 heteroatoms. The first-order valence-corrected chi connectivity index (χ1v) is 6.90. The van der Waals surface area contributed by atoms with Crippen LogP contribution in [0.3, 0.4) is 0 Å². The van der Waals surface area contributed by atoms with Gasteiger partial charge in [0.05, 0.1) is 0 Å². The van der Waals surface area contributed by atoms with E-state index in [2.05, 4.69) is 26.8 Å². The summed E-state index contributed by atoms with van der Waals surface area (Å²) in [5.74, 6) is 0.611. The summed E-state index contributed by atoms with van der Waals surface area (Å²) in [6, 6.07) is 4.12. The number of Topliss-reactive ketones (excluding diaryl/α,β-unsaturated/α-hetero) is 2. The van der Waals surface area contributed by atoms with Crippen LogP contribution in [0.25, 0.3) is 0 Å². The third-order valence-electron chi connectivity index (χ3n) is 4.21. The van der Waals surface area contributed by atoms with Gasteiger partial charge in [0, 0.05) is 18.4 Å². The van der Waals surface area contributed by atoms with Gasteiger partial charge in [-0.05, 0) is 47.9 Å². The topological polar surface area (TPSA) is 34.1 Å². The molecule has 1 aliphatic rings. The summed E-state index contributed by atoms with van der Waals surface area (Å²) in [5, 5.41) is 0. The second-order valence-electron chi connectivity index (χ2n) is 6.52. The molecule has 2 nitrogen and oxygen atoms in total. The minimum absolute atomic E-state index is 0.0980. The highest BCUT2D eigenvalue weighted by Crippen LogP contribution is 2.40. The zero-order chi connectivity index (χ0) is 14.4. The van der Waals surface area contributed by atoms with Gasteiger partial charge in [0.25, 0.3) is 0 Å². The quantitative estimate of drug-likeness (QED) is 0.564. The molecule has 1 atom stereocenters. The highest BCUT2D eigenvalue weighted by Gasteiger charge is 2.33. The molecular weight excluding hydrogens is 236 g/mol. The molecule has 0 aliphatic heterocycles. The van der Waals surface area contributed by atoms with E-state index in [-0.39, 0.29) is 17.1 Å². The van der Waals surface area contributed by atoms with E-state index in [0.717, 1.165) is 11.1 Å². The lowest BCUT2D eigenvalue weighted by atomic mass is 9.77. The van der Waals surface area contributed by atoms with Crippen LogP contribution in [0.4, 0.5) is 0 Å². The monoisotopic (exact) mass is 258 g/mol. The van der Waals surface area contributed by atoms with Crippen LogP contribution >= 0.6 is 0 Å². The molecule has 1 aliphatic carbocycles. The Balaban J connectivity index is 2.69. The van der Waals surface area contributed by atoms with Crippen LogP contribution in [0.5, 0.6) is 0 Å². The van der Waals surface area contributed by atoms with Crippen molar-refractivity contribution >= 4 is 11.6 Å². The third-order valence-corrected chi connectivity index (χ3v) is 4.21. The van der Waals surface area contributed by atoms with Crippen molar-refractivity contribution in [1.82, 2.24) is 0 Å². The first-order valence-electron chi connectivity index (χ1n) is 6.90. The van der Waals surface area contributed by atoms with E-state index in [0.29, 0.717) is 18.6 Å². The largest absolute Gasteiger partial charge is 0.300 e. The fraction of sp³-hybridized carbons (Fsp3) is 0.529. The van der Waals surface area contributed by atoms with Gasteiger partial charge in [-0.3, -0.25) is 9.59 Å². The maximum absolute atomic E-state index is 12.0. The Bertz CT molecular complexity index is 553. The van der Waals surface area contributed by atoms with Crippen molar-refractivity contribution < 1.29 is 9.59 Å². The van der Waals surface area contributed by atoms with E-state index < -0.39 is 0 Å². The second-order valence-corrected chi connectivity index (χ2v) is 6.52. The first-order chi connectivity index (χ1) is 8.72. The number of rotatable bonds is 1. The fourth-order valence-corrected chi connectivity index (χ4v) is 3.21. The Labute approximate surface area is 115 Å². The Kier molecular flexibility index (Phi) is 3.38. The van der Waals surface area contributed by atoms with E-state index >= 15 is 0 Å². The molecular formula is C17H22O2. The molecule has 19 heavy (non-hydrogen) atoms. The molecule has 0 amide bonds. The number of ketones is 2. The summed E-state index contributed by atoms with van der Waals surface area (Å²) in [6.45, 7) is 9.90. The Morgan fingerprint density at radius 1 is 1.32 bits per heavy atom. The molecule has 1 aromatic carbocycles. The molecule has 0 bridgehead atoms. The zero-order valence-corrected chi connectivity index (χ0v) is 12.5. The van der Waals surface area contributed by atoms with Crippen molar-refractivity contribution in [1.29, 1.82) is 0 Å². The SMILES string of the molecule is CC(=O)c1cc2c(cc1C)C(C)(C)CC(=O)C[C@H]2C. The molecule has 2 rings (SSSR count). The lowest BCUT2D eigenvalue weighted by molar-refractivity contribution is -0.120. The van der Waals surface area contributed by atoms with Crippen molar-refractivity contribution in [3.8, 4) is 0 Å². The van der Waals surface area contributed by atoms with E-state index in [1.807, 2.05) is 13.0 Å². The summed E-state index contributed by atoms with van der Waals surface area (Å²) in [5.41, 5.74) is 4.06. The standard InChI is InChI=1S/C17H22O2/c1-10-6-13(19)9-17(4,5)16-7-11(2)14(12(3)18)8-15(10)16/h7-8,10H,6,9H2,1-5H3/t10-/m1/s1. The van der Waals surface area contributed by atoms with Gasteiger partial charge in [-0.15, -0.1) is 0 Å². The van der Waals surface area contributed by atoms with Crippen LogP contribution in [0, 0.1) is 6.92 Å². The van der Waals surface area contributed by atoms with Crippen LogP contribution in [0.15, 0.2) is 12.1 Å². The van der Waals surface area contributed by atoms with E-state index in [4.69, 9.17) is 0 Å². The molecule has 0 saturated carbocycles. The zero-order valence-electron chi connectivity index (χ0n) is 12.5. The average Bonchev–Trinajstić information content (AvgIpc) is 2.33. The van der Waals surface area contributed by atoms with E-state index in [1.54, 1.807) is 6.92 Å². The maximum atomic E-state index is 12.0. The lowest BCUT2D eigenvalue weighted by Gasteiger charge is -2.26. The van der Waals surface area contributed by atoms with Crippen LogP contribution < -0.4 is 0 Å². The Hall–Kier alpha value is -1.44. The van der Waals surface area contributed by atoms with Crippen LogP contribution in [-0.2, 0) is 10.2 Å². The van der Waals surface area contributed by atoms with Crippen molar-refractivity contribution in [2.24, 2.45) is 0 Å². The predicted octanol–water partition coefficient (Wildman–Crippen LogP) is 3.94. The van der Waals surface area contributed by atoms with Gasteiger partial charge in [-0.1, -0.05) is 26.8 Å². The Morgan fingerprint density at radius 2 is 1.95 bits per heavy atom. The fourth-order valence-electron chi connectivity index (χ4n) is 3.21. The van der Waals surface area contributed by atoms with Gasteiger partial charge in [0.2, 0.25) is 0 Å². The van der Waals surface area contributed by atoms with Crippen molar-refractivity contribution in [3.05, 3.63) is 34.4 Å². The summed E-state index contributed by atoms with van der Waals surface area (Å²) < 4.78 is 0. The molecule has 0 heterocycles. The van der Waals surface area contributed by atoms with E-state index in [9.17, 15) is 9.59 Å². The number of hydrogen-bond donors (Lipinski definition) is 0. The summed E-state index contributed by atoms with van der Waals surface area (Å²) >= 11 is 0. The number of benzene rings is 1. The van der Waals surface area contributed by atoms with Crippen LogP contribution in [-0.4, -0.2) is 11.6 Å². The van der Waals surface area contributed by atoms with Crippen LogP contribution in [0.1, 0.15) is 73.5 Å². The molecule has 0 unspecified atom stereocenters. The molecule has 0 saturated heterocycles. The smallest absolute Gasteiger partial charge is 0.160 e. The highest BCUT2D eigenvalue weighted by atomic mass is 16.1. The lowest BCUT2D eigenvalue weighted by Crippen LogP contribution is -2.21. The van der Waals surface area contributed by atoms with Gasteiger partial charge < -0.3 is 0 Å². The Morgan fingerprint density at radius 3 is 2.53 bits per heavy atom. The third kappa shape index (κ3) is 2.49. The molecule has 0 radical (unpaired) electrons. The number of carbonyl (C=O) groups is 2. The molecule has 0 spiro atoms. The molecule has 1 aromatic rings. The molecule has 0 N–H and O–H groups in total. The molecule has 102 valence electrons. The first kappa shape index (κ1) is 14.0. The maximum Gasteiger partial charge on any atom is 0.160 e. The van der Waals surface area contributed by atoms with E-state index in [1.165, 1.54) is 11.1 Å². The number of aryl methyl sites for hydroxylation is 1. The number of hydrogen-bond acceptors (Lipinski definition) is 2. The normalized spacial score (nSPS) is 21.7. The van der Waals surface area contributed by atoms with Gasteiger partial charge in [-0.2, -0.15) is 0 Å². The highest BCUT2D eigenvalue weighted by molar-refractivity contribution is 5.96. The van der Waals surface area contributed by atoms with Gasteiger partial charge in [0.15, 0.2) is 5.78 Å². The number of carbonyl (C=O) groups excluding carboxylic acids is 2. The number of fused-ring (bicyclic) bond motifs is 1. The average molecular weight is 258 g/mol. The van der Waals surface area contributed by atoms with Crippen molar-refractivity contribution in [2.45, 2.75) is 58.8 Å². The van der Waals surface area contributed by atoms with Gasteiger partial charge in [0.1, 0.15) is 5.78 Å². The van der Waals surface area contributed by atoms with Crippen LogP contribution in [0.2, 0.25) is 0 Å². The minimum Gasteiger partial charge on any atom is -0.300 e. The van der Waals surface area contributed by atoms with Crippen molar-refractivity contribution in [2.75, 3.05) is 0 Å². The summed E-state index contributed by atoms with van der Waals surface area (Å²) in [6.07, 6.45) is 1.17. The van der Waals surface area contributed by atoms with Gasteiger partial charge >= 0.3 is 0 Å².